The zero-order valence-electron chi connectivity index (χ0n) is 10.6. The number of fused-ring (bicyclic) bond motifs is 2. The lowest BCUT2D eigenvalue weighted by molar-refractivity contribution is 0.116. The summed E-state index contributed by atoms with van der Waals surface area (Å²) in [6, 6.07) is 5.27. The van der Waals surface area contributed by atoms with Gasteiger partial charge in [0.2, 0.25) is 0 Å². The van der Waals surface area contributed by atoms with Crippen LogP contribution in [0.25, 0.3) is 0 Å². The van der Waals surface area contributed by atoms with E-state index in [1.807, 2.05) is 11.0 Å². The summed E-state index contributed by atoms with van der Waals surface area (Å²) in [5.74, 6) is -0.212. The van der Waals surface area contributed by atoms with Crippen LogP contribution in [0.15, 0.2) is 18.2 Å². The van der Waals surface area contributed by atoms with Crippen LogP contribution in [-0.2, 0) is 4.74 Å². The quantitative estimate of drug-likeness (QED) is 0.788. The van der Waals surface area contributed by atoms with Gasteiger partial charge in [0.15, 0.2) is 0 Å². The predicted molar refractivity (Wildman–Crippen MR) is 69.8 cm³/mol. The lowest BCUT2D eigenvalue weighted by Crippen LogP contribution is -2.36. The molecule has 0 saturated carbocycles. The highest BCUT2D eigenvalue weighted by Crippen LogP contribution is 2.47. The summed E-state index contributed by atoms with van der Waals surface area (Å²) in [6.45, 7) is 0. The summed E-state index contributed by atoms with van der Waals surface area (Å²) in [5.41, 5.74) is 0.919. The molecule has 2 saturated heterocycles. The van der Waals surface area contributed by atoms with Crippen molar-refractivity contribution in [3.63, 3.8) is 0 Å². The van der Waals surface area contributed by atoms with E-state index in [9.17, 15) is 9.18 Å². The lowest BCUT2D eigenvalue weighted by Gasteiger charge is -2.23. The van der Waals surface area contributed by atoms with Gasteiger partial charge in [-0.2, -0.15) is 0 Å². The Labute approximate surface area is 116 Å². The first-order valence-corrected chi connectivity index (χ1v) is 6.81. The highest BCUT2D eigenvalue weighted by Gasteiger charge is 2.49. The number of carbonyl (C=O) groups excluding carboxylic acids is 1. The van der Waals surface area contributed by atoms with Crippen molar-refractivity contribution in [2.45, 2.75) is 37.3 Å². The number of hydrogen-bond acceptors (Lipinski definition) is 2. The maximum absolute atomic E-state index is 13.6. The molecule has 2 aliphatic heterocycles. The first kappa shape index (κ1) is 12.7. The van der Waals surface area contributed by atoms with Gasteiger partial charge in [0.25, 0.3) is 0 Å². The van der Waals surface area contributed by atoms with E-state index < -0.39 is 5.82 Å². The summed E-state index contributed by atoms with van der Waals surface area (Å²) >= 11 is 5.71. The molecule has 102 valence electrons. The third-order valence-electron chi connectivity index (χ3n) is 4.29. The molecule has 2 heterocycles. The Balaban J connectivity index is 1.88. The summed E-state index contributed by atoms with van der Waals surface area (Å²) in [4.78, 5) is 13.6. The normalized spacial score (nSPS) is 28.8. The first-order valence-electron chi connectivity index (χ1n) is 6.43. The van der Waals surface area contributed by atoms with Crippen molar-refractivity contribution < 1.29 is 13.9 Å². The third kappa shape index (κ3) is 1.98. The molecular weight excluding hydrogens is 269 g/mol. The van der Waals surface area contributed by atoms with Gasteiger partial charge in [-0.25, -0.2) is 9.18 Å². The van der Waals surface area contributed by atoms with Crippen LogP contribution in [0.4, 0.5) is 9.18 Å². The van der Waals surface area contributed by atoms with Gasteiger partial charge in [-0.05, 0) is 37.0 Å². The van der Waals surface area contributed by atoms with Gasteiger partial charge in [0.1, 0.15) is 5.82 Å². The molecule has 3 atom stereocenters. The number of rotatable bonds is 1. The van der Waals surface area contributed by atoms with Crippen molar-refractivity contribution in [3.05, 3.63) is 34.6 Å². The zero-order chi connectivity index (χ0) is 13.6. The molecule has 0 N–H and O–H groups in total. The molecule has 2 fully saturated rings. The van der Waals surface area contributed by atoms with Crippen molar-refractivity contribution >= 4 is 17.7 Å². The molecule has 3 nitrogen and oxygen atoms in total. The Hall–Kier alpha value is -1.29. The molecule has 5 heteroatoms. The minimum absolute atomic E-state index is 0.123. The topological polar surface area (TPSA) is 29.5 Å². The van der Waals surface area contributed by atoms with Crippen molar-refractivity contribution in [3.8, 4) is 0 Å². The van der Waals surface area contributed by atoms with Crippen LogP contribution >= 0.6 is 11.6 Å². The standard InChI is InChI=1S/C14H15ClFNO2/c1-19-14(18)17-9-3-5-13(17)10(7-9)8-2-4-11(15)12(16)6-8/h2,4,6,9-10,13H,3,5,7H2,1H3/t9-,10+,13+/m1/s1. The van der Waals surface area contributed by atoms with E-state index in [0.717, 1.165) is 24.8 Å². The van der Waals surface area contributed by atoms with E-state index in [1.54, 1.807) is 6.07 Å². The largest absolute Gasteiger partial charge is 0.453 e. The monoisotopic (exact) mass is 283 g/mol. The van der Waals surface area contributed by atoms with E-state index in [2.05, 4.69) is 0 Å². The van der Waals surface area contributed by atoms with Crippen molar-refractivity contribution in [2.75, 3.05) is 7.11 Å². The minimum atomic E-state index is -0.397. The third-order valence-corrected chi connectivity index (χ3v) is 4.60. The van der Waals surface area contributed by atoms with Crippen LogP contribution in [0.1, 0.15) is 30.7 Å². The van der Waals surface area contributed by atoms with Crippen molar-refractivity contribution in [1.29, 1.82) is 0 Å². The van der Waals surface area contributed by atoms with Crippen molar-refractivity contribution in [1.82, 2.24) is 4.90 Å². The minimum Gasteiger partial charge on any atom is -0.453 e. The second-order valence-electron chi connectivity index (χ2n) is 5.19. The summed E-state index contributed by atoms with van der Waals surface area (Å²) in [6.07, 6.45) is 2.56. The highest BCUT2D eigenvalue weighted by molar-refractivity contribution is 6.30. The average molecular weight is 284 g/mol. The van der Waals surface area contributed by atoms with Gasteiger partial charge >= 0.3 is 6.09 Å². The highest BCUT2D eigenvalue weighted by atomic mass is 35.5. The lowest BCUT2D eigenvalue weighted by atomic mass is 9.84. The van der Waals surface area contributed by atoms with Gasteiger partial charge in [-0.1, -0.05) is 17.7 Å². The van der Waals surface area contributed by atoms with Gasteiger partial charge in [-0.3, -0.25) is 0 Å². The molecule has 19 heavy (non-hydrogen) atoms. The van der Waals surface area contributed by atoms with Crippen LogP contribution in [0.5, 0.6) is 0 Å². The Bertz CT molecular complexity index is 522. The molecule has 0 aromatic heterocycles. The molecule has 0 aliphatic carbocycles. The number of methoxy groups -OCH3 is 1. The number of hydrogen-bond donors (Lipinski definition) is 0. The molecular formula is C14H15ClFNO2. The Morgan fingerprint density at radius 3 is 2.95 bits per heavy atom. The SMILES string of the molecule is COC(=O)N1[C@@H]2CC[C@H]1[C@H](c1ccc(Cl)c(F)c1)C2. The van der Waals surface area contributed by atoms with Gasteiger partial charge < -0.3 is 9.64 Å². The van der Waals surface area contributed by atoms with E-state index in [-0.39, 0.29) is 29.1 Å². The molecule has 0 spiro atoms. The fourth-order valence-electron chi connectivity index (χ4n) is 3.48. The molecule has 3 rings (SSSR count). The van der Waals surface area contributed by atoms with Crippen LogP contribution in [-0.4, -0.2) is 30.2 Å². The molecule has 1 aromatic carbocycles. The molecule has 1 amide bonds. The van der Waals surface area contributed by atoms with Gasteiger partial charge in [0, 0.05) is 18.0 Å². The maximum atomic E-state index is 13.6. The number of amides is 1. The molecule has 0 unspecified atom stereocenters. The summed E-state index contributed by atoms with van der Waals surface area (Å²) in [5, 5.41) is 0.136. The maximum Gasteiger partial charge on any atom is 0.410 e. The van der Waals surface area contributed by atoms with E-state index in [0.29, 0.717) is 0 Å². The Kier molecular flexibility index (Phi) is 3.13. The van der Waals surface area contributed by atoms with E-state index in [1.165, 1.54) is 13.2 Å². The zero-order valence-corrected chi connectivity index (χ0v) is 11.4. The van der Waals surface area contributed by atoms with Gasteiger partial charge in [-0.15, -0.1) is 0 Å². The number of ether oxygens (including phenoxy) is 1. The molecule has 0 radical (unpaired) electrons. The molecule has 1 aromatic rings. The van der Waals surface area contributed by atoms with Crippen LogP contribution in [0, 0.1) is 5.82 Å². The summed E-state index contributed by atoms with van der Waals surface area (Å²) < 4.78 is 18.4. The Morgan fingerprint density at radius 1 is 1.47 bits per heavy atom. The van der Waals surface area contributed by atoms with Crippen LogP contribution in [0.3, 0.4) is 0 Å². The predicted octanol–water partition coefficient (Wildman–Crippen LogP) is 3.57. The average Bonchev–Trinajstić information content (AvgIpc) is 2.98. The second kappa shape index (κ2) is 4.67. The fraction of sp³-hybridized carbons (Fsp3) is 0.500. The number of halogens is 2. The van der Waals surface area contributed by atoms with Crippen LogP contribution in [0.2, 0.25) is 5.02 Å². The number of carbonyl (C=O) groups is 1. The van der Waals surface area contributed by atoms with Crippen molar-refractivity contribution in [2.24, 2.45) is 0 Å². The van der Waals surface area contributed by atoms with Crippen LogP contribution < -0.4 is 0 Å². The van der Waals surface area contributed by atoms with Gasteiger partial charge in [0.05, 0.1) is 12.1 Å². The molecule has 2 bridgehead atoms. The second-order valence-corrected chi connectivity index (χ2v) is 5.60. The first-order chi connectivity index (χ1) is 9.11. The van der Waals surface area contributed by atoms with E-state index >= 15 is 0 Å². The summed E-state index contributed by atoms with van der Waals surface area (Å²) in [7, 11) is 1.40. The number of nitrogens with zero attached hydrogens (tertiary/aromatic N) is 1. The van der Waals surface area contributed by atoms with E-state index in [4.69, 9.17) is 16.3 Å². The fourth-order valence-corrected chi connectivity index (χ4v) is 3.60. The number of benzene rings is 1. The smallest absolute Gasteiger partial charge is 0.410 e. The Morgan fingerprint density at radius 2 is 2.26 bits per heavy atom. The molecule has 2 aliphatic rings.